The molecule has 1 aliphatic heterocycles. The van der Waals surface area contributed by atoms with Gasteiger partial charge in [0, 0.05) is 11.9 Å². The fourth-order valence-electron chi connectivity index (χ4n) is 4.02. The summed E-state index contributed by atoms with van der Waals surface area (Å²) in [7, 11) is 0. The highest BCUT2D eigenvalue weighted by molar-refractivity contribution is 5.91. The molecule has 2 N–H and O–H groups in total. The van der Waals surface area contributed by atoms with E-state index in [9.17, 15) is 9.18 Å². The second-order valence-corrected chi connectivity index (χ2v) is 7.51. The highest BCUT2D eigenvalue weighted by Gasteiger charge is 2.35. The van der Waals surface area contributed by atoms with E-state index in [1.807, 2.05) is 62.5 Å². The van der Waals surface area contributed by atoms with Crippen molar-refractivity contribution in [1.29, 1.82) is 0 Å². The van der Waals surface area contributed by atoms with E-state index >= 15 is 0 Å². The van der Waals surface area contributed by atoms with E-state index in [1.165, 1.54) is 11.6 Å². The van der Waals surface area contributed by atoms with E-state index in [-0.39, 0.29) is 24.3 Å². The first kappa shape index (κ1) is 18.4. The number of carbonyl (C=O) groups is 1. The van der Waals surface area contributed by atoms with E-state index < -0.39 is 0 Å². The van der Waals surface area contributed by atoms with Gasteiger partial charge < -0.3 is 14.8 Å². The maximum atomic E-state index is 14.6. The molecule has 0 aliphatic carbocycles. The fraction of sp³-hybridized carbons (Fsp3) is 0.261. The van der Waals surface area contributed by atoms with Gasteiger partial charge in [0.2, 0.25) is 0 Å². The summed E-state index contributed by atoms with van der Waals surface area (Å²) < 4.78 is 16.7. The number of benzene rings is 2. The summed E-state index contributed by atoms with van der Waals surface area (Å²) in [5.41, 5.74) is 4.82. The largest absolute Gasteiger partial charge is 0.340 e. The number of rotatable bonds is 4. The fourth-order valence-corrected chi connectivity index (χ4v) is 4.02. The zero-order chi connectivity index (χ0) is 19.7. The maximum Gasteiger partial charge on any atom is 0.279 e. The predicted molar refractivity (Wildman–Crippen MR) is 108 cm³/mol. The molecule has 1 unspecified atom stereocenters. The number of halogens is 1. The van der Waals surface area contributed by atoms with Crippen LogP contribution in [-0.4, -0.2) is 23.6 Å². The molecule has 1 amide bonds. The van der Waals surface area contributed by atoms with Gasteiger partial charge in [0.05, 0.1) is 24.3 Å². The second kappa shape index (κ2) is 7.60. The lowest BCUT2D eigenvalue weighted by atomic mass is 9.99. The molecule has 3 aromatic rings. The number of aromatic nitrogens is 1. The number of amides is 1. The van der Waals surface area contributed by atoms with Crippen molar-refractivity contribution in [2.45, 2.75) is 26.4 Å². The van der Waals surface area contributed by atoms with Crippen LogP contribution in [0, 0.1) is 19.7 Å². The van der Waals surface area contributed by atoms with Crippen molar-refractivity contribution in [3.05, 3.63) is 89.0 Å². The maximum absolute atomic E-state index is 14.6. The van der Waals surface area contributed by atoms with Crippen LogP contribution in [-0.2, 0) is 11.3 Å². The molecule has 1 aromatic heterocycles. The van der Waals surface area contributed by atoms with Crippen LogP contribution in [0.5, 0.6) is 0 Å². The van der Waals surface area contributed by atoms with Crippen molar-refractivity contribution in [3.63, 3.8) is 0 Å². The van der Waals surface area contributed by atoms with Crippen molar-refractivity contribution in [2.24, 2.45) is 0 Å². The Morgan fingerprint density at radius 3 is 2.75 bits per heavy atom. The Morgan fingerprint density at radius 2 is 1.96 bits per heavy atom. The van der Waals surface area contributed by atoms with Gasteiger partial charge in [0.15, 0.2) is 12.6 Å². The average Bonchev–Trinajstić information content (AvgIpc) is 3.14. The van der Waals surface area contributed by atoms with E-state index in [0.29, 0.717) is 5.56 Å². The minimum absolute atomic E-state index is 0.0559. The molecule has 0 saturated heterocycles. The number of quaternary nitrogens is 1. The molecule has 2 atom stereocenters. The number of nitrogens with zero attached hydrogens (tertiary/aromatic N) is 1. The topological polar surface area (TPSA) is 38.5 Å². The lowest BCUT2D eigenvalue weighted by Crippen LogP contribution is -3.14. The number of aryl methyl sites for hydroxylation is 2. The standard InChI is InChI=1S/C23H24FN3O/c1-16-9-10-18(14-17(16)2)25-22(28)15-27-13-12-26-11-5-8-21(26)23(27)19-6-3-4-7-20(19)24/h3-11,14,23H,12-13,15H2,1-2H3,(H,25,28)/p+1/t23-/m1/s1. The molecule has 1 aliphatic rings. The van der Waals surface area contributed by atoms with Crippen LogP contribution in [0.2, 0.25) is 0 Å². The normalized spacial score (nSPS) is 18.5. The molecule has 4 rings (SSSR count). The van der Waals surface area contributed by atoms with Crippen molar-refractivity contribution >= 4 is 11.6 Å². The van der Waals surface area contributed by atoms with Crippen LogP contribution in [0.1, 0.15) is 28.4 Å². The van der Waals surface area contributed by atoms with Crippen LogP contribution in [0.4, 0.5) is 10.1 Å². The Labute approximate surface area is 164 Å². The summed E-state index contributed by atoms with van der Waals surface area (Å²) in [4.78, 5) is 13.8. The Hall–Kier alpha value is -2.92. The molecule has 0 bridgehead atoms. The minimum atomic E-state index is -0.228. The Balaban J connectivity index is 1.58. The molecule has 0 fully saturated rings. The van der Waals surface area contributed by atoms with Crippen LogP contribution < -0.4 is 10.2 Å². The highest BCUT2D eigenvalue weighted by atomic mass is 19.1. The van der Waals surface area contributed by atoms with E-state index in [2.05, 4.69) is 9.88 Å². The zero-order valence-electron chi connectivity index (χ0n) is 16.2. The van der Waals surface area contributed by atoms with E-state index in [4.69, 9.17) is 0 Å². The first-order chi connectivity index (χ1) is 13.5. The van der Waals surface area contributed by atoms with Gasteiger partial charge in [-0.1, -0.05) is 18.2 Å². The molecular weight excluding hydrogens is 353 g/mol. The Bertz CT molecular complexity index is 1010. The lowest BCUT2D eigenvalue weighted by Gasteiger charge is -2.34. The second-order valence-electron chi connectivity index (χ2n) is 7.51. The number of hydrogen-bond donors (Lipinski definition) is 2. The number of carbonyl (C=O) groups excluding carboxylic acids is 1. The lowest BCUT2D eigenvalue weighted by molar-refractivity contribution is -0.922. The van der Waals surface area contributed by atoms with Gasteiger partial charge in [-0.25, -0.2) is 4.39 Å². The molecule has 4 nitrogen and oxygen atoms in total. The van der Waals surface area contributed by atoms with Gasteiger partial charge in [0.1, 0.15) is 5.82 Å². The molecule has 2 aromatic carbocycles. The van der Waals surface area contributed by atoms with Gasteiger partial charge in [-0.15, -0.1) is 0 Å². The van der Waals surface area contributed by atoms with Crippen LogP contribution in [0.3, 0.4) is 0 Å². The molecular formula is C23H25FN3O+. The SMILES string of the molecule is Cc1ccc(NC(=O)C[NH+]2CCn3cccc3[C@H]2c2ccccc2F)cc1C. The van der Waals surface area contributed by atoms with Crippen LogP contribution in [0.15, 0.2) is 60.8 Å². The van der Waals surface area contributed by atoms with Gasteiger partial charge in [-0.05, 0) is 61.4 Å². The van der Waals surface area contributed by atoms with Crippen molar-refractivity contribution in [3.8, 4) is 0 Å². The third kappa shape index (κ3) is 3.58. The van der Waals surface area contributed by atoms with Crippen molar-refractivity contribution in [2.75, 3.05) is 18.4 Å². The highest BCUT2D eigenvalue weighted by Crippen LogP contribution is 2.24. The molecule has 28 heavy (non-hydrogen) atoms. The van der Waals surface area contributed by atoms with E-state index in [0.717, 1.165) is 34.9 Å². The predicted octanol–water partition coefficient (Wildman–Crippen LogP) is 2.87. The molecule has 5 heteroatoms. The summed E-state index contributed by atoms with van der Waals surface area (Å²) >= 11 is 0. The minimum Gasteiger partial charge on any atom is -0.340 e. The first-order valence-electron chi connectivity index (χ1n) is 9.64. The van der Waals surface area contributed by atoms with Gasteiger partial charge in [-0.2, -0.15) is 0 Å². The Morgan fingerprint density at radius 1 is 1.14 bits per heavy atom. The monoisotopic (exact) mass is 378 g/mol. The molecule has 2 heterocycles. The molecule has 144 valence electrons. The summed E-state index contributed by atoms with van der Waals surface area (Å²) in [6.45, 7) is 5.95. The van der Waals surface area contributed by atoms with Gasteiger partial charge in [0.25, 0.3) is 5.91 Å². The average molecular weight is 378 g/mol. The summed E-state index contributed by atoms with van der Waals surface area (Å²) in [6.07, 6.45) is 2.02. The zero-order valence-corrected chi connectivity index (χ0v) is 16.2. The number of fused-ring (bicyclic) bond motifs is 1. The summed E-state index contributed by atoms with van der Waals surface area (Å²) in [5, 5.41) is 3.00. The molecule has 0 saturated carbocycles. The number of nitrogens with one attached hydrogen (secondary N) is 2. The quantitative estimate of drug-likeness (QED) is 0.720. The first-order valence-corrected chi connectivity index (χ1v) is 9.64. The third-order valence-electron chi connectivity index (χ3n) is 5.64. The third-order valence-corrected chi connectivity index (χ3v) is 5.64. The molecule has 0 spiro atoms. The Kier molecular flexibility index (Phi) is 5.01. The summed E-state index contributed by atoms with van der Waals surface area (Å²) in [6, 6.07) is 16.6. The summed E-state index contributed by atoms with van der Waals surface area (Å²) in [5.74, 6) is -0.284. The van der Waals surface area contributed by atoms with Gasteiger partial charge >= 0.3 is 0 Å². The van der Waals surface area contributed by atoms with Crippen LogP contribution in [0.25, 0.3) is 0 Å². The number of hydrogen-bond acceptors (Lipinski definition) is 1. The van der Waals surface area contributed by atoms with Crippen molar-refractivity contribution < 1.29 is 14.1 Å². The van der Waals surface area contributed by atoms with Crippen LogP contribution >= 0.6 is 0 Å². The van der Waals surface area contributed by atoms with Crippen molar-refractivity contribution in [1.82, 2.24) is 4.57 Å². The number of anilines is 1. The van der Waals surface area contributed by atoms with E-state index in [1.54, 1.807) is 6.07 Å². The smallest absolute Gasteiger partial charge is 0.279 e. The molecule has 0 radical (unpaired) electrons. The van der Waals surface area contributed by atoms with Gasteiger partial charge in [-0.3, -0.25) is 4.79 Å².